The lowest BCUT2D eigenvalue weighted by atomic mass is 9.83. The van der Waals surface area contributed by atoms with E-state index in [1.807, 2.05) is 0 Å². The number of nitrogens with one attached hydrogen (secondary N) is 1. The highest BCUT2D eigenvalue weighted by Crippen LogP contribution is 2.46. The van der Waals surface area contributed by atoms with Crippen molar-refractivity contribution in [1.29, 1.82) is 0 Å². The Labute approximate surface area is 270 Å². The van der Waals surface area contributed by atoms with Crippen LogP contribution in [0.15, 0.2) is 54.6 Å². The summed E-state index contributed by atoms with van der Waals surface area (Å²) in [6.45, 7) is 2.24. The highest BCUT2D eigenvalue weighted by atomic mass is 35.5. The number of likely N-dealkylation sites (tertiary alicyclic amines) is 1. The zero-order valence-electron chi connectivity index (χ0n) is 25.1. The monoisotopic (exact) mass is 659 g/mol. The molecule has 3 aliphatic heterocycles. The minimum Gasteiger partial charge on any atom is -0.394 e. The fraction of sp³-hybridized carbons (Fsp3) is 0.469. The van der Waals surface area contributed by atoms with E-state index < -0.39 is 54.0 Å². The number of rotatable bonds is 9. The molecule has 2 fully saturated rings. The van der Waals surface area contributed by atoms with Crippen molar-refractivity contribution in [2.24, 2.45) is 5.92 Å². The van der Waals surface area contributed by atoms with E-state index in [-0.39, 0.29) is 31.5 Å². The summed E-state index contributed by atoms with van der Waals surface area (Å²) in [5.41, 5.74) is -0.215. The molecular weight excluding hydrogens is 622 g/mol. The Kier molecular flexibility index (Phi) is 10.2. The van der Waals surface area contributed by atoms with Crippen LogP contribution in [0.3, 0.4) is 0 Å². The van der Waals surface area contributed by atoms with Crippen LogP contribution in [0.25, 0.3) is 0 Å². The number of amides is 3. The van der Waals surface area contributed by atoms with Gasteiger partial charge in [0.2, 0.25) is 5.91 Å². The van der Waals surface area contributed by atoms with Crippen molar-refractivity contribution in [2.45, 2.75) is 75.1 Å². The predicted octanol–water partition coefficient (Wildman–Crippen LogP) is 0.379. The van der Waals surface area contributed by atoms with E-state index in [0.717, 1.165) is 12.8 Å². The molecule has 0 bridgehead atoms. The van der Waals surface area contributed by atoms with Crippen molar-refractivity contribution in [3.05, 3.63) is 70.8 Å². The highest BCUT2D eigenvalue weighted by Gasteiger charge is 2.52. The molecule has 7 N–H and O–H groups in total. The molecule has 3 aliphatic rings. The van der Waals surface area contributed by atoms with Gasteiger partial charge >= 0.3 is 0 Å². The Morgan fingerprint density at radius 3 is 2.52 bits per heavy atom. The molecule has 2 saturated heterocycles. The molecule has 8 atom stereocenters. The highest BCUT2D eigenvalue weighted by molar-refractivity contribution is 6.31. The largest absolute Gasteiger partial charge is 0.394 e. The Hall–Kier alpha value is -3.40. The van der Waals surface area contributed by atoms with Crippen molar-refractivity contribution in [3.63, 3.8) is 0 Å². The number of aliphatic hydroxyl groups excluding tert-OH is 5. The van der Waals surface area contributed by atoms with Crippen LogP contribution in [0.5, 0.6) is 0 Å². The van der Waals surface area contributed by atoms with Gasteiger partial charge in [-0.25, -0.2) is 0 Å². The SMILES string of the molecule is C[C@H](/C=C/CC(=O)N1CCC[C@H]1CO)[C@@]1(O)C(=O)N(Cc2ccc(NC(=O)[C@H]3O[C@@H](O)[C@H](O)[C@@H](O)[C@@H]3O)cc2)c2ccc(Cl)cc21. The van der Waals surface area contributed by atoms with Gasteiger partial charge in [-0.05, 0) is 48.7 Å². The molecule has 0 radical (unpaired) electrons. The lowest BCUT2D eigenvalue weighted by Gasteiger charge is -2.37. The number of aliphatic hydroxyl groups is 6. The summed E-state index contributed by atoms with van der Waals surface area (Å²) in [4.78, 5) is 42.3. The van der Waals surface area contributed by atoms with Crippen molar-refractivity contribution >= 4 is 40.7 Å². The van der Waals surface area contributed by atoms with Crippen LogP contribution in [0.4, 0.5) is 11.4 Å². The van der Waals surface area contributed by atoms with E-state index in [1.54, 1.807) is 66.4 Å². The summed E-state index contributed by atoms with van der Waals surface area (Å²) in [7, 11) is 0. The second kappa shape index (κ2) is 13.8. The molecule has 0 aliphatic carbocycles. The number of fused-ring (bicyclic) bond motifs is 1. The molecule has 2 aromatic carbocycles. The molecule has 3 heterocycles. The summed E-state index contributed by atoms with van der Waals surface area (Å²) >= 11 is 6.28. The molecule has 5 rings (SSSR count). The maximum absolute atomic E-state index is 13.9. The van der Waals surface area contributed by atoms with Gasteiger partial charge in [0.15, 0.2) is 18.0 Å². The van der Waals surface area contributed by atoms with E-state index in [9.17, 15) is 45.0 Å². The Morgan fingerprint density at radius 1 is 1.11 bits per heavy atom. The first-order valence-electron chi connectivity index (χ1n) is 15.1. The van der Waals surface area contributed by atoms with Crippen LogP contribution in [0, 0.1) is 5.92 Å². The number of hydrogen-bond acceptors (Lipinski definition) is 10. The zero-order chi connectivity index (χ0) is 33.3. The maximum Gasteiger partial charge on any atom is 0.264 e. The summed E-state index contributed by atoms with van der Waals surface area (Å²) in [5, 5.41) is 63.6. The van der Waals surface area contributed by atoms with Crippen LogP contribution < -0.4 is 10.2 Å². The summed E-state index contributed by atoms with van der Waals surface area (Å²) in [5.74, 6) is -2.29. The van der Waals surface area contributed by atoms with Crippen LogP contribution in [0.2, 0.25) is 5.02 Å². The molecule has 0 aromatic heterocycles. The lowest BCUT2D eigenvalue weighted by molar-refractivity contribution is -0.274. The number of carbonyl (C=O) groups is 3. The molecule has 13 nitrogen and oxygen atoms in total. The van der Waals surface area contributed by atoms with Crippen LogP contribution in [0.1, 0.15) is 37.3 Å². The number of carbonyl (C=O) groups excluding carboxylic acids is 3. The van der Waals surface area contributed by atoms with E-state index >= 15 is 0 Å². The van der Waals surface area contributed by atoms with Crippen LogP contribution in [-0.2, 0) is 31.3 Å². The number of halogens is 1. The second-order valence-electron chi connectivity index (χ2n) is 11.9. The van der Waals surface area contributed by atoms with Crippen molar-refractivity contribution in [2.75, 3.05) is 23.4 Å². The summed E-state index contributed by atoms with van der Waals surface area (Å²) in [6.07, 6.45) is -3.91. The molecule has 0 unspecified atom stereocenters. The van der Waals surface area contributed by atoms with E-state index in [0.29, 0.717) is 34.1 Å². The van der Waals surface area contributed by atoms with Gasteiger partial charge < -0.3 is 50.5 Å². The number of nitrogens with zero attached hydrogens (tertiary/aromatic N) is 2. The Bertz CT molecular complexity index is 1490. The third kappa shape index (κ3) is 6.42. The average Bonchev–Trinajstić information content (AvgIpc) is 3.60. The van der Waals surface area contributed by atoms with Crippen LogP contribution in [-0.4, -0.2) is 103 Å². The number of benzene rings is 2. The first-order valence-corrected chi connectivity index (χ1v) is 15.4. The molecular formula is C32H38ClN3O10. The average molecular weight is 660 g/mol. The van der Waals surface area contributed by atoms with Gasteiger partial charge in [0.25, 0.3) is 11.8 Å². The molecule has 0 spiro atoms. The second-order valence-corrected chi connectivity index (χ2v) is 12.3. The van der Waals surface area contributed by atoms with E-state index in [2.05, 4.69) is 5.32 Å². The fourth-order valence-corrected chi connectivity index (χ4v) is 6.40. The summed E-state index contributed by atoms with van der Waals surface area (Å²) in [6, 6.07) is 11.0. The Morgan fingerprint density at radius 2 is 1.83 bits per heavy atom. The van der Waals surface area contributed by atoms with Crippen molar-refractivity contribution in [1.82, 2.24) is 4.90 Å². The van der Waals surface area contributed by atoms with Gasteiger partial charge in [-0.1, -0.05) is 42.8 Å². The Balaban J connectivity index is 1.27. The number of anilines is 2. The van der Waals surface area contributed by atoms with Gasteiger partial charge in [-0.2, -0.15) is 0 Å². The third-order valence-corrected chi connectivity index (χ3v) is 9.16. The normalized spacial score (nSPS) is 30.1. The molecule has 46 heavy (non-hydrogen) atoms. The number of ether oxygens (including phenoxy) is 1. The van der Waals surface area contributed by atoms with Crippen molar-refractivity contribution < 1.29 is 49.8 Å². The van der Waals surface area contributed by atoms with Gasteiger partial charge in [0, 0.05) is 35.2 Å². The molecule has 14 heteroatoms. The molecule has 248 valence electrons. The summed E-state index contributed by atoms with van der Waals surface area (Å²) < 4.78 is 4.96. The molecule has 0 saturated carbocycles. The minimum absolute atomic E-state index is 0.0645. The van der Waals surface area contributed by atoms with E-state index in [1.165, 1.54) is 4.90 Å². The third-order valence-electron chi connectivity index (χ3n) is 8.92. The van der Waals surface area contributed by atoms with Crippen molar-refractivity contribution in [3.8, 4) is 0 Å². The zero-order valence-corrected chi connectivity index (χ0v) is 25.8. The quantitative estimate of drug-likeness (QED) is 0.185. The number of hydrogen-bond donors (Lipinski definition) is 7. The first kappa shape index (κ1) is 33.9. The van der Waals surface area contributed by atoms with Gasteiger partial charge in [-0.15, -0.1) is 0 Å². The maximum atomic E-state index is 13.9. The predicted molar refractivity (Wildman–Crippen MR) is 165 cm³/mol. The standard InChI is InChI=1S/C32H38ClN3O10/c1-17(4-2-6-24(38)35-13-3-5-21(35)16-37)32(45)22-14-19(33)9-12-23(22)36(31(32)44)15-18-7-10-20(11-8-18)34-29(42)28-26(40)25(39)27(41)30(43)46-28/h2,4,7-12,14,17,21,25-28,30,37,39-41,43,45H,3,5-6,13,15-16H2,1H3,(H,34,42)/b4-2+/t17-,21+,25+,26+,27-,28+,30-,32+/m1/s1. The minimum atomic E-state index is -1.96. The van der Waals surface area contributed by atoms with Gasteiger partial charge in [0.05, 0.1) is 24.9 Å². The smallest absolute Gasteiger partial charge is 0.264 e. The molecule has 2 aromatic rings. The van der Waals surface area contributed by atoms with E-state index in [4.69, 9.17) is 16.3 Å². The van der Waals surface area contributed by atoms with Crippen LogP contribution >= 0.6 is 11.6 Å². The fourth-order valence-electron chi connectivity index (χ4n) is 6.23. The molecule has 3 amide bonds. The topological polar surface area (TPSA) is 200 Å². The van der Waals surface area contributed by atoms with Gasteiger partial charge in [-0.3, -0.25) is 14.4 Å². The first-order chi connectivity index (χ1) is 21.9. The van der Waals surface area contributed by atoms with Gasteiger partial charge in [0.1, 0.15) is 18.3 Å². The lowest BCUT2D eigenvalue weighted by Crippen LogP contribution is -2.60.